The van der Waals surface area contributed by atoms with Gasteiger partial charge in [0.1, 0.15) is 5.82 Å². The summed E-state index contributed by atoms with van der Waals surface area (Å²) in [5.41, 5.74) is -0.482. The minimum atomic E-state index is -4.63. The van der Waals surface area contributed by atoms with Crippen LogP contribution in [0.5, 0.6) is 0 Å². The molecule has 3 aromatic rings. The Hall–Kier alpha value is -3.56. The maximum atomic E-state index is 14.1. The van der Waals surface area contributed by atoms with Crippen LogP contribution < -0.4 is 5.32 Å². The number of alkyl halides is 3. The van der Waals surface area contributed by atoms with Gasteiger partial charge in [0.05, 0.1) is 5.56 Å². The number of halogens is 3. The van der Waals surface area contributed by atoms with Crippen LogP contribution in [0.4, 0.5) is 19.0 Å². The molecule has 36 heavy (non-hydrogen) atoms. The molecule has 1 aromatic carbocycles. The molecule has 7 nitrogen and oxygen atoms in total. The Balaban J connectivity index is 1.58. The lowest BCUT2D eigenvalue weighted by Crippen LogP contribution is -2.15. The summed E-state index contributed by atoms with van der Waals surface area (Å²) in [5, 5.41) is 6.41. The molecule has 1 saturated carbocycles. The number of benzene rings is 1. The van der Waals surface area contributed by atoms with Crippen molar-refractivity contribution >= 4 is 17.5 Å². The monoisotopic (exact) mass is 500 g/mol. The molecule has 0 unspecified atom stereocenters. The predicted molar refractivity (Wildman–Crippen MR) is 126 cm³/mol. The summed E-state index contributed by atoms with van der Waals surface area (Å²) in [5.74, 6) is -0.979. The largest absolute Gasteiger partial charge is 0.416 e. The summed E-state index contributed by atoms with van der Waals surface area (Å²) in [6.45, 7) is 7.11. The van der Waals surface area contributed by atoms with Gasteiger partial charge in [-0.1, -0.05) is 45.0 Å². The lowest BCUT2D eigenvalue weighted by Gasteiger charge is -2.19. The first-order valence-electron chi connectivity index (χ1n) is 11.7. The van der Waals surface area contributed by atoms with E-state index in [0.29, 0.717) is 11.1 Å². The molecule has 0 aliphatic heterocycles. The second kappa shape index (κ2) is 9.48. The Morgan fingerprint density at radius 1 is 1.11 bits per heavy atom. The maximum Gasteiger partial charge on any atom is 0.416 e. The van der Waals surface area contributed by atoms with Gasteiger partial charge in [0.25, 0.3) is 0 Å². The molecule has 2 heterocycles. The minimum Gasteiger partial charge on any atom is -0.338 e. The van der Waals surface area contributed by atoms with Crippen LogP contribution in [-0.4, -0.2) is 26.8 Å². The Bertz CT molecular complexity index is 1290. The number of carbonyl (C=O) groups is 2. The summed E-state index contributed by atoms with van der Waals surface area (Å²) in [7, 11) is 0. The molecule has 1 aliphatic carbocycles. The lowest BCUT2D eigenvalue weighted by molar-refractivity contribution is -0.138. The van der Waals surface area contributed by atoms with E-state index in [1.807, 2.05) is 20.8 Å². The van der Waals surface area contributed by atoms with Crippen molar-refractivity contribution in [3.05, 3.63) is 59.4 Å². The number of pyridine rings is 1. The van der Waals surface area contributed by atoms with Crippen molar-refractivity contribution in [2.45, 2.75) is 64.5 Å². The summed E-state index contributed by atoms with van der Waals surface area (Å²) in [6.07, 6.45) is -1.75. The molecular weight excluding hydrogens is 473 g/mol. The van der Waals surface area contributed by atoms with E-state index in [1.165, 1.54) is 12.3 Å². The van der Waals surface area contributed by atoms with Gasteiger partial charge < -0.3 is 9.84 Å². The number of nitrogens with one attached hydrogen (secondary N) is 1. The molecule has 1 fully saturated rings. The van der Waals surface area contributed by atoms with Gasteiger partial charge in [-0.2, -0.15) is 18.2 Å². The number of rotatable bonds is 7. The molecule has 0 saturated heterocycles. The average molecular weight is 501 g/mol. The topological polar surface area (TPSA) is 98.0 Å². The maximum absolute atomic E-state index is 14.1. The Morgan fingerprint density at radius 2 is 1.81 bits per heavy atom. The fourth-order valence-corrected chi connectivity index (χ4v) is 3.78. The second-order valence-electron chi connectivity index (χ2n) is 10.2. The van der Waals surface area contributed by atoms with Gasteiger partial charge in [0.15, 0.2) is 0 Å². The highest BCUT2D eigenvalue weighted by molar-refractivity contribution is 5.94. The number of carbonyl (C=O) groups excluding carboxylic acids is 2. The average Bonchev–Trinajstić information content (AvgIpc) is 3.53. The molecule has 0 spiro atoms. The molecule has 1 N–H and O–H groups in total. The van der Waals surface area contributed by atoms with Gasteiger partial charge in [-0.25, -0.2) is 4.98 Å². The molecule has 190 valence electrons. The van der Waals surface area contributed by atoms with Crippen molar-refractivity contribution in [2.24, 2.45) is 5.92 Å². The van der Waals surface area contributed by atoms with E-state index in [2.05, 4.69) is 20.4 Å². The highest BCUT2D eigenvalue weighted by Gasteiger charge is 2.36. The first kappa shape index (κ1) is 25.5. The normalized spacial score (nSPS) is 15.0. The van der Waals surface area contributed by atoms with E-state index in [9.17, 15) is 22.8 Å². The lowest BCUT2D eigenvalue weighted by atomic mass is 9.89. The smallest absolute Gasteiger partial charge is 0.338 e. The first-order chi connectivity index (χ1) is 16.8. The standard InChI is InChI=1S/C26H27F3N4O3/c1-14(11-20(34)22-32-24(36-33-22)25(2,3)4)18-8-7-16(12-19(18)26(27,28)29)17-9-10-30-21(13-17)31-23(35)15-5-6-15/h7-10,12-15H,5-6,11H2,1-4H3,(H,30,31,35)/t14-/m0/s1. The number of ketones is 1. The zero-order chi connectivity index (χ0) is 26.3. The molecule has 0 bridgehead atoms. The summed E-state index contributed by atoms with van der Waals surface area (Å²) in [6, 6.07) is 7.14. The molecule has 10 heteroatoms. The van der Waals surface area contributed by atoms with Crippen molar-refractivity contribution in [3.63, 3.8) is 0 Å². The zero-order valence-corrected chi connectivity index (χ0v) is 20.4. The molecule has 1 atom stereocenters. The van der Waals surface area contributed by atoms with Gasteiger partial charge in [0, 0.05) is 24.0 Å². The number of nitrogens with zero attached hydrogens (tertiary/aromatic N) is 3. The van der Waals surface area contributed by atoms with E-state index in [1.54, 1.807) is 25.1 Å². The summed E-state index contributed by atoms with van der Waals surface area (Å²) >= 11 is 0. The third-order valence-electron chi connectivity index (χ3n) is 5.99. The molecule has 4 rings (SSSR count). The van der Waals surface area contributed by atoms with Crippen LogP contribution in [0.15, 0.2) is 41.1 Å². The second-order valence-corrected chi connectivity index (χ2v) is 10.2. The number of aromatic nitrogens is 3. The van der Waals surface area contributed by atoms with Gasteiger partial charge in [-0.15, -0.1) is 0 Å². The minimum absolute atomic E-state index is 0.00421. The van der Waals surface area contributed by atoms with E-state index in [0.717, 1.165) is 18.9 Å². The fourth-order valence-electron chi connectivity index (χ4n) is 3.78. The Labute approximate surface area is 206 Å². The number of amides is 1. The zero-order valence-electron chi connectivity index (χ0n) is 20.4. The van der Waals surface area contributed by atoms with Crippen molar-refractivity contribution < 1.29 is 27.3 Å². The summed E-state index contributed by atoms with van der Waals surface area (Å²) < 4.78 is 47.3. The third kappa shape index (κ3) is 5.80. The molecular formula is C26H27F3N4O3. The van der Waals surface area contributed by atoms with Crippen molar-refractivity contribution in [1.29, 1.82) is 0 Å². The molecule has 1 aliphatic rings. The third-order valence-corrected chi connectivity index (χ3v) is 5.99. The van der Waals surface area contributed by atoms with Crippen LogP contribution in [0, 0.1) is 5.92 Å². The predicted octanol–water partition coefficient (Wildman–Crippen LogP) is 6.17. The van der Waals surface area contributed by atoms with Crippen LogP contribution in [0.1, 0.15) is 80.5 Å². The van der Waals surface area contributed by atoms with Crippen LogP contribution in [0.3, 0.4) is 0 Å². The van der Waals surface area contributed by atoms with Crippen LogP contribution in [0.2, 0.25) is 0 Å². The highest BCUT2D eigenvalue weighted by Crippen LogP contribution is 2.39. The van der Waals surface area contributed by atoms with Crippen molar-refractivity contribution in [2.75, 3.05) is 5.32 Å². The van der Waals surface area contributed by atoms with Crippen LogP contribution in [-0.2, 0) is 16.4 Å². The van der Waals surface area contributed by atoms with E-state index in [-0.39, 0.29) is 41.3 Å². The number of hydrogen-bond acceptors (Lipinski definition) is 6. The first-order valence-corrected chi connectivity index (χ1v) is 11.7. The van der Waals surface area contributed by atoms with Crippen LogP contribution >= 0.6 is 0 Å². The van der Waals surface area contributed by atoms with Gasteiger partial charge in [-0.3, -0.25) is 9.59 Å². The Morgan fingerprint density at radius 3 is 2.42 bits per heavy atom. The molecule has 0 radical (unpaired) electrons. The fraction of sp³-hybridized carbons (Fsp3) is 0.423. The van der Waals surface area contributed by atoms with E-state index in [4.69, 9.17) is 4.52 Å². The van der Waals surface area contributed by atoms with Crippen molar-refractivity contribution in [1.82, 2.24) is 15.1 Å². The van der Waals surface area contributed by atoms with Crippen LogP contribution in [0.25, 0.3) is 11.1 Å². The van der Waals surface area contributed by atoms with Gasteiger partial charge >= 0.3 is 6.18 Å². The molecule has 1 amide bonds. The summed E-state index contributed by atoms with van der Waals surface area (Å²) in [4.78, 5) is 32.9. The van der Waals surface area contributed by atoms with Gasteiger partial charge in [-0.05, 0) is 53.6 Å². The Kier molecular flexibility index (Phi) is 6.72. The van der Waals surface area contributed by atoms with E-state index >= 15 is 0 Å². The van der Waals surface area contributed by atoms with Gasteiger partial charge in [0.2, 0.25) is 23.4 Å². The SMILES string of the molecule is C[C@@H](CC(=O)c1noc(C(C)(C)C)n1)c1ccc(-c2ccnc(NC(=O)C3CC3)c2)cc1C(F)(F)F. The molecule has 2 aromatic heterocycles. The number of Topliss-reactive ketones (excluding diaryl/α,β-unsaturated/α-hetero) is 1. The highest BCUT2D eigenvalue weighted by atomic mass is 19.4. The van der Waals surface area contributed by atoms with Crippen molar-refractivity contribution in [3.8, 4) is 11.1 Å². The van der Waals surface area contributed by atoms with E-state index < -0.39 is 28.9 Å². The number of hydrogen-bond donors (Lipinski definition) is 1. The quantitative estimate of drug-likeness (QED) is 0.390. The number of anilines is 1.